The van der Waals surface area contributed by atoms with E-state index in [1.807, 2.05) is 0 Å². The van der Waals surface area contributed by atoms with E-state index in [0.29, 0.717) is 5.56 Å². The third-order valence-corrected chi connectivity index (χ3v) is 4.69. The van der Waals surface area contributed by atoms with Crippen molar-refractivity contribution < 1.29 is 27.8 Å². The molecule has 0 saturated heterocycles. The average Bonchev–Trinajstić information content (AvgIpc) is 2.91. The smallest absolute Gasteiger partial charge is 0.339 e. The fraction of sp³-hybridized carbons (Fsp3) is 0.154. The van der Waals surface area contributed by atoms with Gasteiger partial charge < -0.3 is 14.6 Å². The van der Waals surface area contributed by atoms with Crippen molar-refractivity contribution in [1.82, 2.24) is 4.31 Å². The first kappa shape index (κ1) is 15.1. The standard InChI is InChI=1S/C13H13NO6S/c1-14(7-9-4-5-20-8-9)21(18,19)10-2-3-12(15)11(6-10)13(16)17/h2-6,8,15H,7H2,1H3,(H,16,17). The average molecular weight is 311 g/mol. The summed E-state index contributed by atoms with van der Waals surface area (Å²) >= 11 is 0. The van der Waals surface area contributed by atoms with Crippen molar-refractivity contribution in [2.45, 2.75) is 11.4 Å². The monoisotopic (exact) mass is 311 g/mol. The van der Waals surface area contributed by atoms with E-state index in [-0.39, 0.29) is 11.4 Å². The summed E-state index contributed by atoms with van der Waals surface area (Å²) in [6.07, 6.45) is 2.85. The van der Waals surface area contributed by atoms with Crippen LogP contribution in [0.1, 0.15) is 15.9 Å². The highest BCUT2D eigenvalue weighted by Gasteiger charge is 2.23. The van der Waals surface area contributed by atoms with Gasteiger partial charge in [-0.15, -0.1) is 0 Å². The lowest BCUT2D eigenvalue weighted by molar-refractivity contribution is 0.0693. The second-order valence-electron chi connectivity index (χ2n) is 4.38. The van der Waals surface area contributed by atoms with Crippen LogP contribution in [0.15, 0.2) is 46.1 Å². The number of rotatable bonds is 5. The zero-order valence-electron chi connectivity index (χ0n) is 11.1. The van der Waals surface area contributed by atoms with Gasteiger partial charge in [-0.05, 0) is 24.3 Å². The molecular weight excluding hydrogens is 298 g/mol. The Morgan fingerprint density at radius 3 is 2.62 bits per heavy atom. The van der Waals surface area contributed by atoms with Crippen LogP contribution in [0.25, 0.3) is 0 Å². The first-order valence-corrected chi connectivity index (χ1v) is 7.30. The highest BCUT2D eigenvalue weighted by Crippen LogP contribution is 2.24. The van der Waals surface area contributed by atoms with Gasteiger partial charge in [-0.3, -0.25) is 0 Å². The number of aromatic hydroxyl groups is 1. The maximum Gasteiger partial charge on any atom is 0.339 e. The van der Waals surface area contributed by atoms with Crippen LogP contribution in [-0.2, 0) is 16.6 Å². The molecule has 0 aliphatic heterocycles. The van der Waals surface area contributed by atoms with Gasteiger partial charge in [0.1, 0.15) is 11.3 Å². The number of phenols is 1. The number of aromatic carboxylic acids is 1. The van der Waals surface area contributed by atoms with Gasteiger partial charge in [0.15, 0.2) is 0 Å². The number of hydrogen-bond acceptors (Lipinski definition) is 5. The Kier molecular flexibility index (Phi) is 4.01. The minimum atomic E-state index is -3.87. The van der Waals surface area contributed by atoms with E-state index < -0.39 is 27.3 Å². The molecule has 1 aromatic heterocycles. The molecule has 2 rings (SSSR count). The highest BCUT2D eigenvalue weighted by atomic mass is 32.2. The molecular formula is C13H13NO6S. The minimum absolute atomic E-state index is 0.0854. The first-order valence-electron chi connectivity index (χ1n) is 5.86. The lowest BCUT2D eigenvalue weighted by Gasteiger charge is -2.16. The van der Waals surface area contributed by atoms with E-state index in [1.54, 1.807) is 6.07 Å². The molecule has 0 atom stereocenters. The largest absolute Gasteiger partial charge is 0.507 e. The predicted molar refractivity (Wildman–Crippen MR) is 72.4 cm³/mol. The summed E-state index contributed by atoms with van der Waals surface area (Å²) in [4.78, 5) is 10.7. The summed E-state index contributed by atoms with van der Waals surface area (Å²) in [5, 5.41) is 18.3. The van der Waals surface area contributed by atoms with Gasteiger partial charge in [0.25, 0.3) is 0 Å². The van der Waals surface area contributed by atoms with Gasteiger partial charge in [0.05, 0.1) is 17.4 Å². The predicted octanol–water partition coefficient (Wildman–Crippen LogP) is 1.50. The first-order chi connectivity index (χ1) is 9.82. The molecule has 0 amide bonds. The molecule has 7 nitrogen and oxygen atoms in total. The third-order valence-electron chi connectivity index (χ3n) is 2.89. The van der Waals surface area contributed by atoms with Crippen LogP contribution in [0.5, 0.6) is 5.75 Å². The molecule has 1 aromatic carbocycles. The molecule has 0 aliphatic carbocycles. The summed E-state index contributed by atoms with van der Waals surface area (Å²) in [7, 11) is -2.50. The third kappa shape index (κ3) is 3.06. The zero-order valence-corrected chi connectivity index (χ0v) is 11.9. The van der Waals surface area contributed by atoms with Crippen LogP contribution in [0.2, 0.25) is 0 Å². The van der Waals surface area contributed by atoms with E-state index in [1.165, 1.54) is 19.6 Å². The van der Waals surface area contributed by atoms with Crippen LogP contribution >= 0.6 is 0 Å². The van der Waals surface area contributed by atoms with Crippen LogP contribution in [0.3, 0.4) is 0 Å². The highest BCUT2D eigenvalue weighted by molar-refractivity contribution is 7.89. The van der Waals surface area contributed by atoms with Gasteiger partial charge in [-0.2, -0.15) is 4.31 Å². The van der Waals surface area contributed by atoms with E-state index in [9.17, 15) is 18.3 Å². The van der Waals surface area contributed by atoms with Crippen molar-refractivity contribution in [3.63, 3.8) is 0 Å². The van der Waals surface area contributed by atoms with Gasteiger partial charge in [0, 0.05) is 19.2 Å². The Morgan fingerprint density at radius 2 is 2.05 bits per heavy atom. The molecule has 0 spiro atoms. The molecule has 2 N–H and O–H groups in total. The zero-order chi connectivity index (χ0) is 15.6. The molecule has 2 aromatic rings. The van der Waals surface area contributed by atoms with Crippen molar-refractivity contribution in [3.05, 3.63) is 47.9 Å². The van der Waals surface area contributed by atoms with Crippen LogP contribution < -0.4 is 0 Å². The normalized spacial score (nSPS) is 11.7. The van der Waals surface area contributed by atoms with Crippen molar-refractivity contribution in [2.75, 3.05) is 7.05 Å². The number of furan rings is 1. The molecule has 0 saturated carbocycles. The number of nitrogens with zero attached hydrogens (tertiary/aromatic N) is 1. The van der Waals surface area contributed by atoms with Gasteiger partial charge in [-0.1, -0.05) is 0 Å². The summed E-state index contributed by atoms with van der Waals surface area (Å²) in [5.41, 5.74) is 0.200. The molecule has 0 unspecified atom stereocenters. The van der Waals surface area contributed by atoms with E-state index >= 15 is 0 Å². The van der Waals surface area contributed by atoms with Gasteiger partial charge in [0.2, 0.25) is 10.0 Å². The second-order valence-corrected chi connectivity index (χ2v) is 6.42. The van der Waals surface area contributed by atoms with Crippen molar-refractivity contribution >= 4 is 16.0 Å². The SMILES string of the molecule is CN(Cc1ccoc1)S(=O)(=O)c1ccc(O)c(C(=O)O)c1. The molecule has 21 heavy (non-hydrogen) atoms. The molecule has 0 fully saturated rings. The number of carboxylic acid groups (broad SMARTS) is 1. The van der Waals surface area contributed by atoms with Crippen LogP contribution in [-0.4, -0.2) is 36.0 Å². The number of hydrogen-bond donors (Lipinski definition) is 2. The topological polar surface area (TPSA) is 108 Å². The minimum Gasteiger partial charge on any atom is -0.507 e. The number of carbonyl (C=O) groups is 1. The number of benzene rings is 1. The Morgan fingerprint density at radius 1 is 1.33 bits per heavy atom. The second kappa shape index (κ2) is 5.58. The Bertz CT molecular complexity index is 751. The van der Waals surface area contributed by atoms with Crippen LogP contribution in [0.4, 0.5) is 0 Å². The Balaban J connectivity index is 2.35. The lowest BCUT2D eigenvalue weighted by atomic mass is 10.2. The fourth-order valence-corrected chi connectivity index (χ4v) is 2.94. The van der Waals surface area contributed by atoms with Crippen molar-refractivity contribution in [1.29, 1.82) is 0 Å². The van der Waals surface area contributed by atoms with Crippen molar-refractivity contribution in [3.8, 4) is 5.75 Å². The summed E-state index contributed by atoms with van der Waals surface area (Å²) in [5.74, 6) is -1.89. The molecule has 112 valence electrons. The number of sulfonamides is 1. The van der Waals surface area contributed by atoms with Crippen LogP contribution in [0, 0.1) is 0 Å². The Labute approximate surface area is 121 Å². The fourth-order valence-electron chi connectivity index (χ4n) is 1.75. The molecule has 0 aliphatic rings. The van der Waals surface area contributed by atoms with Crippen molar-refractivity contribution in [2.24, 2.45) is 0 Å². The number of carboxylic acids is 1. The Hall–Kier alpha value is -2.32. The maximum atomic E-state index is 12.4. The van der Waals surface area contributed by atoms with E-state index in [0.717, 1.165) is 22.5 Å². The molecule has 1 heterocycles. The molecule has 8 heteroatoms. The molecule has 0 bridgehead atoms. The summed E-state index contributed by atoms with van der Waals surface area (Å²) in [6, 6.07) is 4.76. The van der Waals surface area contributed by atoms with Gasteiger partial charge >= 0.3 is 5.97 Å². The van der Waals surface area contributed by atoms with E-state index in [4.69, 9.17) is 9.52 Å². The summed E-state index contributed by atoms with van der Waals surface area (Å²) in [6.45, 7) is 0.0854. The van der Waals surface area contributed by atoms with E-state index in [2.05, 4.69) is 0 Å². The maximum absolute atomic E-state index is 12.4. The quantitative estimate of drug-likeness (QED) is 0.866. The summed E-state index contributed by atoms with van der Waals surface area (Å²) < 4.78 is 30.7. The van der Waals surface area contributed by atoms with Gasteiger partial charge in [-0.25, -0.2) is 13.2 Å². The lowest BCUT2D eigenvalue weighted by Crippen LogP contribution is -2.26. The molecule has 0 radical (unpaired) electrons.